The summed E-state index contributed by atoms with van der Waals surface area (Å²) in [6, 6.07) is 7.06. The Morgan fingerprint density at radius 1 is 1.33 bits per heavy atom. The molecule has 0 saturated heterocycles. The summed E-state index contributed by atoms with van der Waals surface area (Å²) >= 11 is 0. The second-order valence-electron chi connectivity index (χ2n) is 5.99. The first-order chi connectivity index (χ1) is 10.1. The van der Waals surface area contributed by atoms with Crippen LogP contribution in [0.4, 0.5) is 10.1 Å². The molecule has 1 aliphatic carbocycles. The summed E-state index contributed by atoms with van der Waals surface area (Å²) in [5, 5.41) is 7.61. The molecule has 1 saturated carbocycles. The van der Waals surface area contributed by atoms with Crippen LogP contribution in [-0.2, 0) is 6.42 Å². The van der Waals surface area contributed by atoms with Crippen LogP contribution in [0.2, 0.25) is 0 Å². The second kappa shape index (κ2) is 5.88. The van der Waals surface area contributed by atoms with Crippen LogP contribution in [0.15, 0.2) is 28.8 Å². The maximum Gasteiger partial charge on any atom is 0.163 e. The van der Waals surface area contributed by atoms with Crippen molar-refractivity contribution < 1.29 is 8.91 Å². The number of nitrogens with zero attached hydrogens (tertiary/aromatic N) is 1. The Labute approximate surface area is 124 Å². The third-order valence-electron chi connectivity index (χ3n) is 4.01. The Bertz CT molecular complexity index is 602. The summed E-state index contributed by atoms with van der Waals surface area (Å²) in [4.78, 5) is 0. The van der Waals surface area contributed by atoms with Gasteiger partial charge in [-0.05, 0) is 57.2 Å². The van der Waals surface area contributed by atoms with E-state index in [1.807, 2.05) is 19.1 Å². The molecule has 112 valence electrons. The third-order valence-corrected chi connectivity index (χ3v) is 4.01. The second-order valence-corrected chi connectivity index (χ2v) is 5.99. The molecule has 0 amide bonds. The Hall–Kier alpha value is -1.84. The number of halogens is 1. The van der Waals surface area contributed by atoms with Crippen LogP contribution in [0.1, 0.15) is 49.1 Å². The van der Waals surface area contributed by atoms with Gasteiger partial charge in [-0.3, -0.25) is 0 Å². The van der Waals surface area contributed by atoms with Gasteiger partial charge in [-0.2, -0.15) is 0 Å². The summed E-state index contributed by atoms with van der Waals surface area (Å²) in [7, 11) is 0. The van der Waals surface area contributed by atoms with Gasteiger partial charge < -0.3 is 9.84 Å². The predicted molar refractivity (Wildman–Crippen MR) is 81.0 cm³/mol. The Morgan fingerprint density at radius 2 is 2.05 bits per heavy atom. The summed E-state index contributed by atoms with van der Waals surface area (Å²) < 4.78 is 18.3. The van der Waals surface area contributed by atoms with E-state index in [-0.39, 0.29) is 5.82 Å². The van der Waals surface area contributed by atoms with E-state index in [2.05, 4.69) is 17.4 Å². The lowest BCUT2D eigenvalue weighted by Gasteiger charge is -2.15. The molecule has 0 unspecified atom stereocenters. The van der Waals surface area contributed by atoms with E-state index in [4.69, 9.17) is 4.52 Å². The molecule has 21 heavy (non-hydrogen) atoms. The van der Waals surface area contributed by atoms with E-state index < -0.39 is 0 Å². The maximum absolute atomic E-state index is 12.9. The number of nitrogens with one attached hydrogen (secondary N) is 1. The Kier molecular flexibility index (Phi) is 3.95. The fourth-order valence-corrected chi connectivity index (χ4v) is 2.54. The lowest BCUT2D eigenvalue weighted by molar-refractivity contribution is 0.381. The van der Waals surface area contributed by atoms with Gasteiger partial charge in [0.2, 0.25) is 0 Å². The van der Waals surface area contributed by atoms with Crippen LogP contribution in [0.5, 0.6) is 0 Å². The van der Waals surface area contributed by atoms with E-state index in [9.17, 15) is 4.39 Å². The highest BCUT2D eigenvalue weighted by Crippen LogP contribution is 2.44. The molecule has 0 aliphatic heterocycles. The standard InChI is InChI=1S/C17H21FN2O/c1-11(3-4-13-5-9-15(18)10-6-13)19-16-12(2)20-21-17(16)14-7-8-14/h5-6,9-11,14,19H,3-4,7-8H2,1-2H3/t11-/m0/s1. The average molecular weight is 288 g/mol. The highest BCUT2D eigenvalue weighted by atomic mass is 19.1. The van der Waals surface area contributed by atoms with E-state index in [1.54, 1.807) is 0 Å². The van der Waals surface area contributed by atoms with Crippen LogP contribution >= 0.6 is 0 Å². The minimum absolute atomic E-state index is 0.181. The number of rotatable bonds is 6. The fourth-order valence-electron chi connectivity index (χ4n) is 2.54. The smallest absolute Gasteiger partial charge is 0.163 e. The number of anilines is 1. The van der Waals surface area contributed by atoms with Crippen molar-refractivity contribution in [1.29, 1.82) is 0 Å². The lowest BCUT2D eigenvalue weighted by Crippen LogP contribution is -2.17. The minimum atomic E-state index is -0.181. The number of hydrogen-bond acceptors (Lipinski definition) is 3. The van der Waals surface area contributed by atoms with Gasteiger partial charge in [-0.15, -0.1) is 0 Å². The Morgan fingerprint density at radius 3 is 2.71 bits per heavy atom. The van der Waals surface area contributed by atoms with Crippen LogP contribution in [0.25, 0.3) is 0 Å². The number of aromatic nitrogens is 1. The molecule has 1 N–H and O–H groups in total. The van der Waals surface area contributed by atoms with Gasteiger partial charge in [0.1, 0.15) is 17.2 Å². The van der Waals surface area contributed by atoms with Crippen LogP contribution in [0.3, 0.4) is 0 Å². The van der Waals surface area contributed by atoms with Gasteiger partial charge in [-0.1, -0.05) is 17.3 Å². The molecule has 3 nitrogen and oxygen atoms in total. The predicted octanol–water partition coefficient (Wildman–Crippen LogP) is 4.43. The molecular formula is C17H21FN2O. The molecule has 0 bridgehead atoms. The summed E-state index contributed by atoms with van der Waals surface area (Å²) in [5.41, 5.74) is 3.17. The SMILES string of the molecule is Cc1noc(C2CC2)c1N[C@@H](C)CCc1ccc(F)cc1. The molecule has 1 fully saturated rings. The molecular weight excluding hydrogens is 267 g/mol. The Balaban J connectivity index is 1.57. The average Bonchev–Trinajstić information content (AvgIpc) is 3.25. The van der Waals surface area contributed by atoms with Crippen molar-refractivity contribution in [2.24, 2.45) is 0 Å². The van der Waals surface area contributed by atoms with Crippen molar-refractivity contribution in [2.75, 3.05) is 5.32 Å². The summed E-state index contributed by atoms with van der Waals surface area (Å²) in [6.07, 6.45) is 4.32. The first-order valence-electron chi connectivity index (χ1n) is 7.60. The highest BCUT2D eigenvalue weighted by Gasteiger charge is 2.31. The van der Waals surface area contributed by atoms with Crippen molar-refractivity contribution in [2.45, 2.75) is 51.5 Å². The number of aryl methyl sites for hydroxylation is 2. The lowest BCUT2D eigenvalue weighted by atomic mass is 10.1. The van der Waals surface area contributed by atoms with Gasteiger partial charge in [0, 0.05) is 12.0 Å². The van der Waals surface area contributed by atoms with Crippen molar-refractivity contribution >= 4 is 5.69 Å². The number of benzene rings is 1. The van der Waals surface area contributed by atoms with Gasteiger partial charge in [0.15, 0.2) is 5.76 Å². The van der Waals surface area contributed by atoms with Crippen LogP contribution in [-0.4, -0.2) is 11.2 Å². The quantitative estimate of drug-likeness (QED) is 0.854. The highest BCUT2D eigenvalue weighted by molar-refractivity contribution is 5.53. The van der Waals surface area contributed by atoms with Gasteiger partial charge in [-0.25, -0.2) is 4.39 Å². The first-order valence-corrected chi connectivity index (χ1v) is 7.60. The van der Waals surface area contributed by atoms with Crippen molar-refractivity contribution in [3.8, 4) is 0 Å². The molecule has 1 aliphatic rings. The first kappa shape index (κ1) is 14.1. The zero-order chi connectivity index (χ0) is 14.8. The summed E-state index contributed by atoms with van der Waals surface area (Å²) in [5.74, 6) is 1.39. The van der Waals surface area contributed by atoms with Gasteiger partial charge in [0.05, 0.1) is 0 Å². The van der Waals surface area contributed by atoms with E-state index in [0.29, 0.717) is 12.0 Å². The van der Waals surface area contributed by atoms with Crippen molar-refractivity contribution in [3.63, 3.8) is 0 Å². The molecule has 1 aromatic carbocycles. The molecule has 1 aromatic heterocycles. The zero-order valence-electron chi connectivity index (χ0n) is 12.5. The molecule has 4 heteroatoms. The molecule has 0 radical (unpaired) electrons. The molecule has 1 heterocycles. The van der Waals surface area contributed by atoms with Crippen LogP contribution < -0.4 is 5.32 Å². The number of hydrogen-bond donors (Lipinski definition) is 1. The van der Waals surface area contributed by atoms with E-state index in [0.717, 1.165) is 35.5 Å². The minimum Gasteiger partial charge on any atom is -0.378 e. The zero-order valence-corrected chi connectivity index (χ0v) is 12.5. The fraction of sp³-hybridized carbons (Fsp3) is 0.471. The third kappa shape index (κ3) is 3.43. The molecule has 1 atom stereocenters. The van der Waals surface area contributed by atoms with E-state index >= 15 is 0 Å². The van der Waals surface area contributed by atoms with Crippen LogP contribution in [0, 0.1) is 12.7 Å². The maximum atomic E-state index is 12.9. The normalized spacial score (nSPS) is 16.0. The molecule has 3 rings (SSSR count). The summed E-state index contributed by atoms with van der Waals surface area (Å²) in [6.45, 7) is 4.14. The monoisotopic (exact) mass is 288 g/mol. The molecule has 2 aromatic rings. The topological polar surface area (TPSA) is 38.1 Å². The van der Waals surface area contributed by atoms with Crippen molar-refractivity contribution in [1.82, 2.24) is 5.16 Å². The molecule has 0 spiro atoms. The van der Waals surface area contributed by atoms with E-state index in [1.165, 1.54) is 25.0 Å². The van der Waals surface area contributed by atoms with Gasteiger partial charge >= 0.3 is 0 Å². The van der Waals surface area contributed by atoms with Gasteiger partial charge in [0.25, 0.3) is 0 Å². The van der Waals surface area contributed by atoms with Crippen molar-refractivity contribution in [3.05, 3.63) is 47.1 Å². The largest absolute Gasteiger partial charge is 0.378 e.